The molecular formula is C15H18N4O3S. The zero-order chi connectivity index (χ0) is 17.2. The lowest BCUT2D eigenvalue weighted by atomic mass is 10.0. The van der Waals surface area contributed by atoms with E-state index in [2.05, 4.69) is 10.4 Å². The number of carbonyl (C=O) groups excluding carboxylic acids is 1. The van der Waals surface area contributed by atoms with Gasteiger partial charge in [-0.15, -0.1) is 0 Å². The maximum absolute atomic E-state index is 12.3. The predicted octanol–water partition coefficient (Wildman–Crippen LogP) is 2.96. The van der Waals surface area contributed by atoms with Crippen LogP contribution in [-0.2, 0) is 0 Å². The smallest absolute Gasteiger partial charge is 0.267 e. The number of carbonyl (C=O) groups is 1. The normalized spacial score (nSPS) is 16.4. The molecule has 8 heteroatoms. The molecule has 0 radical (unpaired) electrons. The second-order valence-corrected chi connectivity index (χ2v) is 6.39. The molecule has 23 heavy (non-hydrogen) atoms. The summed E-state index contributed by atoms with van der Waals surface area (Å²) in [4.78, 5) is 27.1. The van der Waals surface area contributed by atoms with E-state index in [1.165, 1.54) is 36.0 Å². The molecule has 1 N–H and O–H groups in total. The number of amidine groups is 1. The van der Waals surface area contributed by atoms with Crippen molar-refractivity contribution in [2.24, 2.45) is 4.99 Å². The highest BCUT2D eigenvalue weighted by Gasteiger charge is 2.27. The van der Waals surface area contributed by atoms with Crippen molar-refractivity contribution in [3.8, 4) is 0 Å². The molecule has 1 aliphatic heterocycles. The van der Waals surface area contributed by atoms with Gasteiger partial charge in [0.15, 0.2) is 5.17 Å². The molecule has 1 heterocycles. The van der Waals surface area contributed by atoms with Crippen LogP contribution in [0.5, 0.6) is 0 Å². The summed E-state index contributed by atoms with van der Waals surface area (Å²) >= 11 is 1.43. The molecule has 0 bridgehead atoms. The molecule has 1 amide bonds. The Morgan fingerprint density at radius 3 is 2.48 bits per heavy atom. The van der Waals surface area contributed by atoms with Crippen molar-refractivity contribution in [1.82, 2.24) is 10.4 Å². The van der Waals surface area contributed by atoms with Gasteiger partial charge in [0.2, 0.25) is 0 Å². The Morgan fingerprint density at radius 1 is 1.35 bits per heavy atom. The summed E-state index contributed by atoms with van der Waals surface area (Å²) in [5.41, 5.74) is 3.61. The number of hydrazine groups is 1. The SMILES string of the molecule is CSC1=NC(C)(C)C=C(C)N1NC(=O)c1ccc([N+](=O)[O-])cc1. The van der Waals surface area contributed by atoms with Crippen molar-refractivity contribution in [2.75, 3.05) is 6.26 Å². The van der Waals surface area contributed by atoms with Crippen molar-refractivity contribution in [1.29, 1.82) is 0 Å². The van der Waals surface area contributed by atoms with Crippen molar-refractivity contribution in [3.05, 3.63) is 51.7 Å². The van der Waals surface area contributed by atoms with Crippen LogP contribution in [0.1, 0.15) is 31.1 Å². The molecule has 2 rings (SSSR count). The molecule has 1 aromatic carbocycles. The highest BCUT2D eigenvalue weighted by Crippen LogP contribution is 2.25. The number of hydrogen-bond donors (Lipinski definition) is 1. The third kappa shape index (κ3) is 3.89. The molecule has 122 valence electrons. The lowest BCUT2D eigenvalue weighted by Crippen LogP contribution is -2.47. The largest absolute Gasteiger partial charge is 0.270 e. The van der Waals surface area contributed by atoms with Gasteiger partial charge in [0.05, 0.1) is 10.5 Å². The highest BCUT2D eigenvalue weighted by atomic mass is 32.2. The number of aliphatic imine (C=N–C) groups is 1. The third-order valence-electron chi connectivity index (χ3n) is 3.23. The van der Waals surface area contributed by atoms with E-state index >= 15 is 0 Å². The molecule has 0 atom stereocenters. The topological polar surface area (TPSA) is 87.8 Å². The second kappa shape index (κ2) is 6.41. The van der Waals surface area contributed by atoms with Crippen LogP contribution in [0, 0.1) is 10.1 Å². The van der Waals surface area contributed by atoms with Crippen LogP contribution in [0.2, 0.25) is 0 Å². The van der Waals surface area contributed by atoms with E-state index in [0.29, 0.717) is 10.7 Å². The van der Waals surface area contributed by atoms with E-state index in [1.807, 2.05) is 33.1 Å². The summed E-state index contributed by atoms with van der Waals surface area (Å²) in [6.07, 6.45) is 3.85. The predicted molar refractivity (Wildman–Crippen MR) is 91.2 cm³/mol. The van der Waals surface area contributed by atoms with E-state index in [1.54, 1.807) is 5.01 Å². The maximum atomic E-state index is 12.3. The number of benzene rings is 1. The summed E-state index contributed by atoms with van der Waals surface area (Å²) in [6.45, 7) is 5.87. The van der Waals surface area contributed by atoms with E-state index in [0.717, 1.165) is 5.70 Å². The summed E-state index contributed by atoms with van der Waals surface area (Å²) in [7, 11) is 0. The number of nitro groups is 1. The summed E-state index contributed by atoms with van der Waals surface area (Å²) in [6, 6.07) is 5.47. The molecule has 0 aliphatic carbocycles. The van der Waals surface area contributed by atoms with Crippen LogP contribution in [-0.4, -0.2) is 32.8 Å². The molecule has 0 unspecified atom stereocenters. The van der Waals surface area contributed by atoms with Crippen LogP contribution < -0.4 is 5.43 Å². The Bertz CT molecular complexity index is 695. The Morgan fingerprint density at radius 2 is 1.96 bits per heavy atom. The van der Waals surface area contributed by atoms with E-state index < -0.39 is 4.92 Å². The Kier molecular flexibility index (Phi) is 4.74. The molecule has 0 fully saturated rings. The maximum Gasteiger partial charge on any atom is 0.270 e. The molecule has 1 aromatic rings. The van der Waals surface area contributed by atoms with Crippen molar-refractivity contribution in [2.45, 2.75) is 26.3 Å². The number of hydrogen-bond acceptors (Lipinski definition) is 6. The van der Waals surface area contributed by atoms with E-state index in [4.69, 9.17) is 0 Å². The fraction of sp³-hybridized carbons (Fsp3) is 0.333. The fourth-order valence-electron chi connectivity index (χ4n) is 2.23. The number of nitrogens with one attached hydrogen (secondary N) is 1. The highest BCUT2D eigenvalue weighted by molar-refractivity contribution is 8.13. The van der Waals surface area contributed by atoms with Crippen LogP contribution in [0.15, 0.2) is 41.0 Å². The van der Waals surface area contributed by atoms with Crippen LogP contribution in [0.4, 0.5) is 5.69 Å². The first-order chi connectivity index (χ1) is 10.7. The first-order valence-electron chi connectivity index (χ1n) is 6.92. The number of rotatable bonds is 3. The van der Waals surface area contributed by atoms with Gasteiger partial charge in [-0.2, -0.15) is 0 Å². The Balaban J connectivity index is 2.19. The first-order valence-corrected chi connectivity index (χ1v) is 8.15. The second-order valence-electron chi connectivity index (χ2n) is 5.62. The molecule has 0 spiro atoms. The third-order valence-corrected chi connectivity index (χ3v) is 3.87. The average molecular weight is 334 g/mol. The number of non-ortho nitro benzene ring substituents is 1. The van der Waals surface area contributed by atoms with Gasteiger partial charge in [-0.05, 0) is 45.2 Å². The van der Waals surface area contributed by atoms with Gasteiger partial charge in [0.1, 0.15) is 0 Å². The lowest BCUT2D eigenvalue weighted by Gasteiger charge is -2.33. The summed E-state index contributed by atoms with van der Waals surface area (Å²) in [5.74, 6) is -0.353. The number of allylic oxidation sites excluding steroid dienone is 1. The van der Waals surface area contributed by atoms with Crippen LogP contribution in [0.3, 0.4) is 0 Å². The standard InChI is InChI=1S/C15H18N4O3S/c1-10-9-15(2,3)16-14(23-4)18(10)17-13(20)11-5-7-12(8-6-11)19(21)22/h5-9H,1-4H3,(H,17,20). The molecule has 0 saturated heterocycles. The minimum atomic E-state index is -0.500. The van der Waals surface area contributed by atoms with Crippen molar-refractivity contribution in [3.63, 3.8) is 0 Å². The number of nitrogens with zero attached hydrogens (tertiary/aromatic N) is 3. The Hall–Kier alpha value is -2.35. The quantitative estimate of drug-likeness (QED) is 0.678. The summed E-state index contributed by atoms with van der Waals surface area (Å²) in [5, 5.41) is 13.0. The fourth-order valence-corrected chi connectivity index (χ4v) is 2.93. The van der Waals surface area contributed by atoms with Gasteiger partial charge in [-0.1, -0.05) is 11.8 Å². The van der Waals surface area contributed by atoms with Crippen molar-refractivity contribution >= 4 is 28.5 Å². The molecule has 0 saturated carbocycles. The molecule has 0 aromatic heterocycles. The lowest BCUT2D eigenvalue weighted by molar-refractivity contribution is -0.384. The molecule has 1 aliphatic rings. The van der Waals surface area contributed by atoms with Gasteiger partial charge in [0, 0.05) is 23.4 Å². The van der Waals surface area contributed by atoms with Crippen LogP contribution >= 0.6 is 11.8 Å². The van der Waals surface area contributed by atoms with Gasteiger partial charge in [-0.25, -0.2) is 5.01 Å². The minimum Gasteiger partial charge on any atom is -0.267 e. The number of thioether (sulfide) groups is 1. The number of amides is 1. The monoisotopic (exact) mass is 334 g/mol. The summed E-state index contributed by atoms with van der Waals surface area (Å²) < 4.78 is 0. The van der Waals surface area contributed by atoms with Gasteiger partial charge in [-0.3, -0.25) is 25.3 Å². The average Bonchev–Trinajstić information content (AvgIpc) is 2.49. The van der Waals surface area contributed by atoms with Gasteiger partial charge in [0.25, 0.3) is 11.6 Å². The zero-order valence-electron chi connectivity index (χ0n) is 13.4. The Labute approximate surface area is 138 Å². The van der Waals surface area contributed by atoms with Crippen molar-refractivity contribution < 1.29 is 9.72 Å². The van der Waals surface area contributed by atoms with Gasteiger partial charge < -0.3 is 0 Å². The molecule has 7 nitrogen and oxygen atoms in total. The van der Waals surface area contributed by atoms with E-state index in [9.17, 15) is 14.9 Å². The van der Waals surface area contributed by atoms with E-state index in [-0.39, 0.29) is 17.1 Å². The zero-order valence-corrected chi connectivity index (χ0v) is 14.2. The van der Waals surface area contributed by atoms with Gasteiger partial charge >= 0.3 is 0 Å². The molecular weight excluding hydrogens is 316 g/mol. The minimum absolute atomic E-state index is 0.0521. The first kappa shape index (κ1) is 17.0. The van der Waals surface area contributed by atoms with Crippen LogP contribution in [0.25, 0.3) is 0 Å². The number of nitro benzene ring substituents is 1.